The lowest BCUT2D eigenvalue weighted by Gasteiger charge is -2.09. The normalized spacial score (nSPS) is 12.0. The van der Waals surface area contributed by atoms with Gasteiger partial charge in [-0.1, -0.05) is 11.6 Å². The van der Waals surface area contributed by atoms with E-state index in [0.717, 1.165) is 12.1 Å². The number of methoxy groups -OCH3 is 1. The molecule has 0 heterocycles. The van der Waals surface area contributed by atoms with Crippen molar-refractivity contribution >= 4 is 23.2 Å². The summed E-state index contributed by atoms with van der Waals surface area (Å²) in [5.41, 5.74) is 5.67. The van der Waals surface area contributed by atoms with Crippen LogP contribution in [0.1, 0.15) is 5.56 Å². The number of nitrogens with two attached hydrogens (primary N) is 1. The van der Waals surface area contributed by atoms with E-state index in [1.165, 1.54) is 19.2 Å². The molecule has 0 saturated carbocycles. The van der Waals surface area contributed by atoms with Crippen molar-refractivity contribution in [3.8, 4) is 11.5 Å². The number of rotatable bonds is 6. The molecule has 26 heavy (non-hydrogen) atoms. The summed E-state index contributed by atoms with van der Waals surface area (Å²) in [5, 5.41) is 3.29. The van der Waals surface area contributed by atoms with Crippen molar-refractivity contribution in [3.05, 3.63) is 53.1 Å². The molecule has 0 saturated heterocycles. The highest BCUT2D eigenvalue weighted by Gasteiger charge is 2.29. The van der Waals surface area contributed by atoms with Gasteiger partial charge >= 0.3 is 6.18 Å². The number of anilines is 1. The zero-order valence-electron chi connectivity index (χ0n) is 13.8. The van der Waals surface area contributed by atoms with E-state index in [1.807, 2.05) is 0 Å². The molecule has 0 unspecified atom stereocenters. The topological polar surface area (TPSA) is 68.9 Å². The summed E-state index contributed by atoms with van der Waals surface area (Å²) < 4.78 is 47.8. The number of nitrogens with one attached hydrogen (secondary N) is 1. The van der Waals surface area contributed by atoms with Crippen LogP contribution in [0.25, 0.3) is 0 Å². The van der Waals surface area contributed by atoms with Gasteiger partial charge in [0.15, 0.2) is 5.96 Å². The molecular formula is C17H17ClF3N3O2. The maximum absolute atomic E-state index is 12.5. The van der Waals surface area contributed by atoms with Gasteiger partial charge in [-0.15, -0.1) is 0 Å². The van der Waals surface area contributed by atoms with Gasteiger partial charge in [0.25, 0.3) is 0 Å². The molecule has 3 N–H and O–H groups in total. The Morgan fingerprint density at radius 2 is 1.88 bits per heavy atom. The highest BCUT2D eigenvalue weighted by molar-refractivity contribution is 6.32. The summed E-state index contributed by atoms with van der Waals surface area (Å²) >= 11 is 6.01. The van der Waals surface area contributed by atoms with E-state index in [-0.39, 0.29) is 19.1 Å². The molecule has 0 spiro atoms. The smallest absolute Gasteiger partial charge is 0.416 e. The standard InChI is InChI=1S/C17H17ClF3N3O2/c1-25-15-7-4-12(10-14(15)18)24-16(22)23-8-9-26-13-5-2-11(3-6-13)17(19,20)21/h2-7,10H,8-9H2,1H3,(H3,22,23,24). The number of alkyl halides is 3. The number of aliphatic imine (C=N–C) groups is 1. The Labute approximate surface area is 153 Å². The van der Waals surface area contributed by atoms with Crippen LogP contribution >= 0.6 is 11.6 Å². The third-order valence-corrected chi connectivity index (χ3v) is 3.54. The minimum absolute atomic E-state index is 0.155. The van der Waals surface area contributed by atoms with E-state index in [0.29, 0.717) is 22.2 Å². The molecule has 0 radical (unpaired) electrons. The van der Waals surface area contributed by atoms with Crippen molar-refractivity contribution < 1.29 is 22.6 Å². The van der Waals surface area contributed by atoms with Crippen molar-refractivity contribution in [2.45, 2.75) is 6.18 Å². The van der Waals surface area contributed by atoms with Crippen LogP contribution in [-0.4, -0.2) is 26.2 Å². The van der Waals surface area contributed by atoms with Gasteiger partial charge in [0.05, 0.1) is 24.2 Å². The highest BCUT2D eigenvalue weighted by Crippen LogP contribution is 2.30. The molecule has 0 aliphatic heterocycles. The van der Waals surface area contributed by atoms with Crippen molar-refractivity contribution in [2.75, 3.05) is 25.6 Å². The summed E-state index contributed by atoms with van der Waals surface area (Å²) in [6.07, 6.45) is -4.37. The van der Waals surface area contributed by atoms with Crippen LogP contribution in [0, 0.1) is 0 Å². The summed E-state index contributed by atoms with van der Waals surface area (Å²) in [5.74, 6) is 1.02. The molecule has 0 aliphatic carbocycles. The fourth-order valence-corrected chi connectivity index (χ4v) is 2.26. The SMILES string of the molecule is COc1ccc(NC(N)=NCCOc2ccc(C(F)(F)F)cc2)cc1Cl. The molecule has 0 fully saturated rings. The second-order valence-corrected chi connectivity index (χ2v) is 5.52. The van der Waals surface area contributed by atoms with E-state index in [9.17, 15) is 13.2 Å². The van der Waals surface area contributed by atoms with Crippen molar-refractivity contribution in [2.24, 2.45) is 10.7 Å². The first-order valence-electron chi connectivity index (χ1n) is 7.50. The van der Waals surface area contributed by atoms with E-state index >= 15 is 0 Å². The van der Waals surface area contributed by atoms with Crippen LogP contribution in [0.3, 0.4) is 0 Å². The predicted octanol–water partition coefficient (Wildman–Crippen LogP) is 4.17. The Kier molecular flexibility index (Phi) is 6.57. The number of hydrogen-bond acceptors (Lipinski definition) is 3. The Bertz CT molecular complexity index is 765. The largest absolute Gasteiger partial charge is 0.495 e. The molecule has 5 nitrogen and oxygen atoms in total. The van der Waals surface area contributed by atoms with Gasteiger partial charge in [0.1, 0.15) is 18.1 Å². The van der Waals surface area contributed by atoms with E-state index in [4.69, 9.17) is 26.8 Å². The Balaban J connectivity index is 1.81. The molecule has 0 amide bonds. The fraction of sp³-hybridized carbons (Fsp3) is 0.235. The quantitative estimate of drug-likeness (QED) is 0.443. The first-order valence-corrected chi connectivity index (χ1v) is 7.88. The van der Waals surface area contributed by atoms with Gasteiger partial charge < -0.3 is 20.5 Å². The number of ether oxygens (including phenoxy) is 2. The minimum atomic E-state index is -4.37. The van der Waals surface area contributed by atoms with E-state index in [1.54, 1.807) is 18.2 Å². The van der Waals surface area contributed by atoms with Crippen LogP contribution in [0.4, 0.5) is 18.9 Å². The predicted molar refractivity (Wildman–Crippen MR) is 95.1 cm³/mol. The lowest BCUT2D eigenvalue weighted by Crippen LogP contribution is -2.23. The van der Waals surface area contributed by atoms with Gasteiger partial charge in [0.2, 0.25) is 0 Å². The Morgan fingerprint density at radius 1 is 1.19 bits per heavy atom. The van der Waals surface area contributed by atoms with Gasteiger partial charge in [-0.3, -0.25) is 0 Å². The van der Waals surface area contributed by atoms with Crippen molar-refractivity contribution in [3.63, 3.8) is 0 Å². The van der Waals surface area contributed by atoms with Crippen LogP contribution in [0.5, 0.6) is 11.5 Å². The molecular weight excluding hydrogens is 371 g/mol. The second kappa shape index (κ2) is 8.66. The second-order valence-electron chi connectivity index (χ2n) is 5.11. The molecule has 0 aromatic heterocycles. The minimum Gasteiger partial charge on any atom is -0.495 e. The first kappa shape index (κ1) is 19.7. The van der Waals surface area contributed by atoms with Crippen LogP contribution < -0.4 is 20.5 Å². The number of nitrogens with zero attached hydrogens (tertiary/aromatic N) is 1. The van der Waals surface area contributed by atoms with E-state index < -0.39 is 11.7 Å². The van der Waals surface area contributed by atoms with Gasteiger partial charge in [-0.05, 0) is 42.5 Å². The summed E-state index contributed by atoms with van der Waals surface area (Å²) in [6, 6.07) is 9.49. The average Bonchev–Trinajstić information content (AvgIpc) is 2.58. The first-order chi connectivity index (χ1) is 12.3. The molecule has 0 bridgehead atoms. The van der Waals surface area contributed by atoms with Crippen molar-refractivity contribution in [1.82, 2.24) is 0 Å². The maximum Gasteiger partial charge on any atom is 0.416 e. The number of benzene rings is 2. The van der Waals surface area contributed by atoms with Gasteiger partial charge in [0, 0.05) is 5.69 Å². The number of hydrogen-bond donors (Lipinski definition) is 2. The Hall–Kier alpha value is -2.61. The summed E-state index contributed by atoms with van der Waals surface area (Å²) in [6.45, 7) is 0.390. The summed E-state index contributed by atoms with van der Waals surface area (Å²) in [7, 11) is 1.51. The molecule has 2 rings (SSSR count). The zero-order valence-corrected chi connectivity index (χ0v) is 14.6. The highest BCUT2D eigenvalue weighted by atomic mass is 35.5. The Morgan fingerprint density at radius 3 is 2.46 bits per heavy atom. The molecule has 2 aromatic carbocycles. The van der Waals surface area contributed by atoms with Gasteiger partial charge in [-0.2, -0.15) is 13.2 Å². The molecule has 9 heteroatoms. The lowest BCUT2D eigenvalue weighted by atomic mass is 10.2. The van der Waals surface area contributed by atoms with E-state index in [2.05, 4.69) is 10.3 Å². The van der Waals surface area contributed by atoms with Crippen LogP contribution in [0.15, 0.2) is 47.5 Å². The number of halogens is 4. The van der Waals surface area contributed by atoms with Crippen LogP contribution in [0.2, 0.25) is 5.02 Å². The average molecular weight is 388 g/mol. The molecule has 140 valence electrons. The van der Waals surface area contributed by atoms with Gasteiger partial charge in [-0.25, -0.2) is 4.99 Å². The zero-order chi connectivity index (χ0) is 19.2. The third-order valence-electron chi connectivity index (χ3n) is 3.25. The number of guanidine groups is 1. The maximum atomic E-state index is 12.5. The molecule has 0 atom stereocenters. The molecule has 0 aliphatic rings. The third kappa shape index (κ3) is 5.73. The molecule has 2 aromatic rings. The summed E-state index contributed by atoms with van der Waals surface area (Å²) in [4.78, 5) is 4.07. The fourth-order valence-electron chi connectivity index (χ4n) is 2.00. The van der Waals surface area contributed by atoms with Crippen molar-refractivity contribution in [1.29, 1.82) is 0 Å². The van der Waals surface area contributed by atoms with Crippen LogP contribution in [-0.2, 0) is 6.18 Å². The lowest BCUT2D eigenvalue weighted by molar-refractivity contribution is -0.137. The monoisotopic (exact) mass is 387 g/mol.